The maximum Gasteiger partial charge on any atom is 0.240 e. The van der Waals surface area contributed by atoms with Crippen LogP contribution < -0.4 is 10.5 Å². The lowest BCUT2D eigenvalue weighted by Crippen LogP contribution is -2.25. The summed E-state index contributed by atoms with van der Waals surface area (Å²) in [5.74, 6) is 0. The summed E-state index contributed by atoms with van der Waals surface area (Å²) in [7, 11) is -3.47. The maximum absolute atomic E-state index is 12.2. The van der Waals surface area contributed by atoms with Crippen LogP contribution in [0.25, 0.3) is 0 Å². The number of hydrogen-bond acceptors (Lipinski definition) is 4. The van der Waals surface area contributed by atoms with E-state index in [1.54, 1.807) is 30.5 Å². The fourth-order valence-corrected chi connectivity index (χ4v) is 3.18. The van der Waals surface area contributed by atoms with Gasteiger partial charge in [0.2, 0.25) is 10.0 Å². The third-order valence-corrected chi connectivity index (χ3v) is 4.75. The average molecular weight is 308 g/mol. The molecule has 4 N–H and O–H groups in total. The van der Waals surface area contributed by atoms with Crippen LogP contribution in [-0.2, 0) is 23.0 Å². The second kappa shape index (κ2) is 6.84. The minimum Gasteiger partial charge on any atom is -0.326 e. The van der Waals surface area contributed by atoms with Crippen molar-refractivity contribution < 1.29 is 8.42 Å². The Bertz CT molecular complexity index is 695. The Morgan fingerprint density at radius 2 is 2.19 bits per heavy atom. The van der Waals surface area contributed by atoms with Crippen molar-refractivity contribution in [3.05, 3.63) is 47.3 Å². The number of aromatic nitrogens is 2. The predicted molar refractivity (Wildman–Crippen MR) is 81.2 cm³/mol. The summed E-state index contributed by atoms with van der Waals surface area (Å²) in [5, 5.41) is 6.80. The van der Waals surface area contributed by atoms with Gasteiger partial charge in [0, 0.05) is 18.8 Å². The molecule has 0 aliphatic rings. The molecule has 7 heteroatoms. The minimum absolute atomic E-state index is 0.255. The van der Waals surface area contributed by atoms with E-state index in [1.165, 1.54) is 0 Å². The first-order valence-corrected chi connectivity index (χ1v) is 8.29. The monoisotopic (exact) mass is 308 g/mol. The number of aromatic amines is 1. The zero-order valence-electron chi connectivity index (χ0n) is 12.0. The van der Waals surface area contributed by atoms with E-state index in [0.29, 0.717) is 13.1 Å². The number of sulfonamides is 1. The summed E-state index contributed by atoms with van der Waals surface area (Å²) >= 11 is 0. The van der Waals surface area contributed by atoms with Crippen LogP contribution in [0.1, 0.15) is 23.2 Å². The van der Waals surface area contributed by atoms with Crippen LogP contribution in [0.3, 0.4) is 0 Å². The molecular weight excluding hydrogens is 288 g/mol. The Morgan fingerprint density at radius 1 is 1.38 bits per heavy atom. The summed E-state index contributed by atoms with van der Waals surface area (Å²) in [5.41, 5.74) is 8.46. The van der Waals surface area contributed by atoms with Gasteiger partial charge in [0.15, 0.2) is 0 Å². The molecule has 0 radical (unpaired) electrons. The number of H-pyrrole nitrogens is 1. The van der Waals surface area contributed by atoms with Crippen molar-refractivity contribution in [3.8, 4) is 0 Å². The fraction of sp³-hybridized carbons (Fsp3) is 0.357. The van der Waals surface area contributed by atoms with Crippen molar-refractivity contribution in [3.63, 3.8) is 0 Å². The molecule has 1 aromatic heterocycles. The second-order valence-electron chi connectivity index (χ2n) is 4.87. The van der Waals surface area contributed by atoms with Crippen molar-refractivity contribution >= 4 is 10.0 Å². The van der Waals surface area contributed by atoms with E-state index in [4.69, 9.17) is 5.73 Å². The Balaban J connectivity index is 1.90. The van der Waals surface area contributed by atoms with E-state index in [0.717, 1.165) is 29.7 Å². The Morgan fingerprint density at radius 3 is 2.86 bits per heavy atom. The summed E-state index contributed by atoms with van der Waals surface area (Å²) in [6.07, 6.45) is 3.28. The lowest BCUT2D eigenvalue weighted by atomic mass is 10.1. The van der Waals surface area contributed by atoms with E-state index in [9.17, 15) is 8.42 Å². The largest absolute Gasteiger partial charge is 0.326 e. The number of nitrogens with two attached hydrogens (primary N) is 1. The predicted octanol–water partition coefficient (Wildman–Crippen LogP) is 1.09. The Labute approximate surface area is 124 Å². The molecule has 0 spiro atoms. The number of nitrogens with one attached hydrogen (secondary N) is 2. The van der Waals surface area contributed by atoms with Crippen LogP contribution in [0.15, 0.2) is 35.4 Å². The summed E-state index contributed by atoms with van der Waals surface area (Å²) < 4.78 is 26.9. The zero-order valence-corrected chi connectivity index (χ0v) is 12.8. The highest BCUT2D eigenvalue weighted by atomic mass is 32.2. The second-order valence-corrected chi connectivity index (χ2v) is 6.64. The molecule has 0 atom stereocenters. The highest BCUT2D eigenvalue weighted by Gasteiger charge is 2.13. The molecule has 2 aromatic rings. The Hall–Kier alpha value is -1.70. The SMILES string of the molecule is Cc1[nH]ncc1CCCNS(=O)(=O)c1cccc(CN)c1. The number of benzene rings is 1. The summed E-state index contributed by atoms with van der Waals surface area (Å²) in [4.78, 5) is 0.255. The molecule has 0 saturated carbocycles. The fourth-order valence-electron chi connectivity index (χ4n) is 2.04. The van der Waals surface area contributed by atoms with E-state index >= 15 is 0 Å². The number of aryl methyl sites for hydroxylation is 2. The van der Waals surface area contributed by atoms with Gasteiger partial charge < -0.3 is 5.73 Å². The highest BCUT2D eigenvalue weighted by molar-refractivity contribution is 7.89. The molecule has 6 nitrogen and oxygen atoms in total. The summed E-state index contributed by atoms with van der Waals surface area (Å²) in [6.45, 7) is 2.66. The van der Waals surface area contributed by atoms with Crippen LogP contribution in [0.2, 0.25) is 0 Å². The standard InChI is InChI=1S/C14H20N4O2S/c1-11-13(10-16-18-11)5-3-7-17-21(19,20)14-6-2-4-12(8-14)9-15/h2,4,6,8,10,17H,3,5,7,9,15H2,1H3,(H,16,18). The summed E-state index contributed by atoms with van der Waals surface area (Å²) in [6, 6.07) is 6.68. The highest BCUT2D eigenvalue weighted by Crippen LogP contribution is 2.11. The molecule has 0 fully saturated rings. The molecule has 0 amide bonds. The van der Waals surface area contributed by atoms with Crippen molar-refractivity contribution in [2.75, 3.05) is 6.54 Å². The van der Waals surface area contributed by atoms with Gasteiger partial charge in [0.25, 0.3) is 0 Å². The molecule has 0 unspecified atom stereocenters. The third-order valence-electron chi connectivity index (χ3n) is 3.29. The first-order chi connectivity index (χ1) is 10.0. The van der Waals surface area contributed by atoms with Gasteiger partial charge in [-0.2, -0.15) is 5.10 Å². The normalized spacial score (nSPS) is 11.7. The van der Waals surface area contributed by atoms with Crippen molar-refractivity contribution in [1.82, 2.24) is 14.9 Å². The van der Waals surface area contributed by atoms with Gasteiger partial charge in [0.05, 0.1) is 11.1 Å². The maximum atomic E-state index is 12.2. The molecular formula is C14H20N4O2S. The topological polar surface area (TPSA) is 101 Å². The molecule has 114 valence electrons. The van der Waals surface area contributed by atoms with E-state index in [-0.39, 0.29) is 4.90 Å². The molecule has 0 aliphatic heterocycles. The Kier molecular flexibility index (Phi) is 5.11. The molecule has 1 aromatic carbocycles. The van der Waals surface area contributed by atoms with Crippen molar-refractivity contribution in [1.29, 1.82) is 0 Å². The van der Waals surface area contributed by atoms with Crippen molar-refractivity contribution in [2.45, 2.75) is 31.2 Å². The van der Waals surface area contributed by atoms with Crippen LogP contribution in [0.5, 0.6) is 0 Å². The van der Waals surface area contributed by atoms with E-state index in [2.05, 4.69) is 14.9 Å². The van der Waals surface area contributed by atoms with Gasteiger partial charge in [-0.05, 0) is 43.0 Å². The third kappa shape index (κ3) is 4.13. The molecule has 2 rings (SSSR count). The van der Waals surface area contributed by atoms with Gasteiger partial charge in [-0.1, -0.05) is 12.1 Å². The van der Waals surface area contributed by atoms with Gasteiger partial charge >= 0.3 is 0 Å². The van der Waals surface area contributed by atoms with Crippen LogP contribution in [0.4, 0.5) is 0 Å². The van der Waals surface area contributed by atoms with Crippen molar-refractivity contribution in [2.24, 2.45) is 5.73 Å². The first kappa shape index (κ1) is 15.7. The van der Waals surface area contributed by atoms with Crippen LogP contribution >= 0.6 is 0 Å². The van der Waals surface area contributed by atoms with Gasteiger partial charge in [-0.3, -0.25) is 5.10 Å². The number of nitrogens with zero attached hydrogens (tertiary/aromatic N) is 1. The lowest BCUT2D eigenvalue weighted by Gasteiger charge is -2.07. The van der Waals surface area contributed by atoms with Crippen LogP contribution in [0, 0.1) is 6.92 Å². The molecule has 0 saturated heterocycles. The quantitative estimate of drug-likeness (QED) is 0.666. The van der Waals surface area contributed by atoms with Gasteiger partial charge in [-0.25, -0.2) is 13.1 Å². The van der Waals surface area contributed by atoms with Gasteiger partial charge in [0.1, 0.15) is 0 Å². The minimum atomic E-state index is -3.47. The lowest BCUT2D eigenvalue weighted by molar-refractivity contribution is 0.579. The number of hydrogen-bond donors (Lipinski definition) is 3. The molecule has 0 bridgehead atoms. The smallest absolute Gasteiger partial charge is 0.240 e. The molecule has 0 aliphatic carbocycles. The number of rotatable bonds is 7. The van der Waals surface area contributed by atoms with E-state index in [1.807, 2.05) is 6.92 Å². The first-order valence-electron chi connectivity index (χ1n) is 6.80. The molecule has 1 heterocycles. The average Bonchev–Trinajstić information content (AvgIpc) is 2.89. The van der Waals surface area contributed by atoms with E-state index < -0.39 is 10.0 Å². The molecule has 21 heavy (non-hydrogen) atoms. The van der Waals surface area contributed by atoms with Gasteiger partial charge in [-0.15, -0.1) is 0 Å². The van der Waals surface area contributed by atoms with Crippen LogP contribution in [-0.4, -0.2) is 25.2 Å². The zero-order chi connectivity index (χ0) is 15.3.